The van der Waals surface area contributed by atoms with E-state index in [4.69, 9.17) is 5.26 Å². The number of hydrogen-bond acceptors (Lipinski definition) is 2. The van der Waals surface area contributed by atoms with Gasteiger partial charge in [0, 0.05) is 0 Å². The van der Waals surface area contributed by atoms with Gasteiger partial charge >= 0.3 is 24.3 Å². The fraction of sp³-hybridized carbons (Fsp3) is 0.800. The molecule has 1 unspecified atom stereocenters. The van der Waals surface area contributed by atoms with Crippen LogP contribution < -0.4 is 0 Å². The third-order valence-corrected chi connectivity index (χ3v) is 1.11. The zero-order chi connectivity index (χ0) is 13.4. The first-order valence-corrected chi connectivity index (χ1v) is 3.08. The number of nitrogens with zero attached hydrogens (tertiary/aromatic N) is 1. The van der Waals surface area contributed by atoms with Crippen molar-refractivity contribution in [3.63, 3.8) is 0 Å². The van der Waals surface area contributed by atoms with E-state index in [1.807, 2.05) is 4.74 Å². The van der Waals surface area contributed by atoms with Gasteiger partial charge in [-0.1, -0.05) is 0 Å². The lowest BCUT2D eigenvalue weighted by atomic mass is 10.3. The van der Waals surface area contributed by atoms with Crippen molar-refractivity contribution in [2.45, 2.75) is 24.3 Å². The monoisotopic (exact) mass is 261 g/mol. The van der Waals surface area contributed by atoms with Crippen LogP contribution in [0.25, 0.3) is 0 Å². The summed E-state index contributed by atoms with van der Waals surface area (Å²) in [6, 6.07) is -0.447. The lowest BCUT2D eigenvalue weighted by Gasteiger charge is -2.27. The predicted molar refractivity (Wildman–Crippen MR) is 27.6 cm³/mol. The Labute approximate surface area is 81.2 Å². The lowest BCUT2D eigenvalue weighted by Crippen LogP contribution is -2.52. The molecular formula is C5F9NO. The molecule has 94 valence electrons. The van der Waals surface area contributed by atoms with E-state index in [9.17, 15) is 39.5 Å². The normalized spacial score (nSPS) is 17.8. The Hall–Kier alpha value is -1.18. The second kappa shape index (κ2) is 3.69. The molecule has 0 radical (unpaired) electrons. The average Bonchev–Trinajstić information content (AvgIpc) is 1.99. The zero-order valence-electron chi connectivity index (χ0n) is 6.76. The highest BCUT2D eigenvalue weighted by molar-refractivity contribution is 5.00. The van der Waals surface area contributed by atoms with Crippen LogP contribution >= 0.6 is 0 Å². The first-order valence-electron chi connectivity index (χ1n) is 3.08. The molecule has 0 amide bonds. The van der Waals surface area contributed by atoms with Gasteiger partial charge in [0.25, 0.3) is 0 Å². The molecule has 11 heteroatoms. The third-order valence-electron chi connectivity index (χ3n) is 1.11. The van der Waals surface area contributed by atoms with Crippen LogP contribution in [0.4, 0.5) is 39.5 Å². The van der Waals surface area contributed by atoms with Crippen molar-refractivity contribution in [3.05, 3.63) is 0 Å². The van der Waals surface area contributed by atoms with E-state index in [1.54, 1.807) is 0 Å². The SMILES string of the molecule is N#CC(F)(OC(F)(F)C(F)(F)F)C(F)(F)F. The highest BCUT2D eigenvalue weighted by Crippen LogP contribution is 2.44. The highest BCUT2D eigenvalue weighted by atomic mass is 19.4. The molecular weight excluding hydrogens is 261 g/mol. The maximum atomic E-state index is 12.4. The third kappa shape index (κ3) is 2.69. The Balaban J connectivity index is 5.19. The molecule has 0 bridgehead atoms. The van der Waals surface area contributed by atoms with Gasteiger partial charge in [-0.2, -0.15) is 44.8 Å². The van der Waals surface area contributed by atoms with Crippen molar-refractivity contribution in [1.82, 2.24) is 0 Å². The Kier molecular flexibility index (Phi) is 3.42. The molecule has 0 heterocycles. The lowest BCUT2D eigenvalue weighted by molar-refractivity contribution is -0.457. The maximum Gasteiger partial charge on any atom is 0.483 e. The largest absolute Gasteiger partial charge is 0.483 e. The molecule has 0 aliphatic carbocycles. The van der Waals surface area contributed by atoms with Gasteiger partial charge in [0.2, 0.25) is 0 Å². The van der Waals surface area contributed by atoms with Gasteiger partial charge in [0.05, 0.1) is 0 Å². The molecule has 0 aliphatic rings. The van der Waals surface area contributed by atoms with Crippen molar-refractivity contribution in [2.75, 3.05) is 0 Å². The Morgan fingerprint density at radius 2 is 1.12 bits per heavy atom. The topological polar surface area (TPSA) is 33.0 Å². The standard InChI is InChI=1S/C5F9NO/c6-2(1-15,3(7,8)9)16-5(13,14)4(10,11)12. The summed E-state index contributed by atoms with van der Waals surface area (Å²) < 4.78 is 107. The predicted octanol–water partition coefficient (Wildman–Crippen LogP) is 2.91. The molecule has 0 saturated carbocycles. The van der Waals surface area contributed by atoms with Crippen LogP contribution in [0, 0.1) is 11.3 Å². The maximum absolute atomic E-state index is 12.4. The Morgan fingerprint density at radius 1 is 0.750 bits per heavy atom. The number of ether oxygens (including phenoxy) is 1. The average molecular weight is 261 g/mol. The fourth-order valence-electron chi connectivity index (χ4n) is 0.379. The molecule has 0 aromatic carbocycles. The minimum atomic E-state index is -6.58. The summed E-state index contributed by atoms with van der Waals surface area (Å²) in [5.41, 5.74) is 0. The summed E-state index contributed by atoms with van der Waals surface area (Å²) >= 11 is 0. The van der Waals surface area contributed by atoms with Crippen LogP contribution in [0.5, 0.6) is 0 Å². The molecule has 16 heavy (non-hydrogen) atoms. The molecule has 0 saturated heterocycles. The summed E-state index contributed by atoms with van der Waals surface area (Å²) in [6.45, 7) is 0. The minimum Gasteiger partial charge on any atom is -0.255 e. The molecule has 0 aromatic heterocycles. The summed E-state index contributed by atoms with van der Waals surface area (Å²) in [7, 11) is 0. The first kappa shape index (κ1) is 14.8. The molecule has 1 atom stereocenters. The number of nitriles is 1. The van der Waals surface area contributed by atoms with Crippen LogP contribution in [0.15, 0.2) is 0 Å². The molecule has 0 spiro atoms. The second-order valence-corrected chi connectivity index (χ2v) is 2.32. The van der Waals surface area contributed by atoms with E-state index in [1.165, 1.54) is 0 Å². The molecule has 0 aliphatic heterocycles. The molecule has 0 aromatic rings. The van der Waals surface area contributed by atoms with E-state index in [2.05, 4.69) is 0 Å². The van der Waals surface area contributed by atoms with E-state index >= 15 is 0 Å². The Morgan fingerprint density at radius 3 is 1.31 bits per heavy atom. The van der Waals surface area contributed by atoms with Crippen LogP contribution in [0.2, 0.25) is 0 Å². The van der Waals surface area contributed by atoms with Crippen LogP contribution in [0.1, 0.15) is 0 Å². The smallest absolute Gasteiger partial charge is 0.255 e. The van der Waals surface area contributed by atoms with Crippen molar-refractivity contribution >= 4 is 0 Å². The summed E-state index contributed by atoms with van der Waals surface area (Å²) in [5, 5.41) is 7.58. The van der Waals surface area contributed by atoms with Crippen molar-refractivity contribution in [3.8, 4) is 6.07 Å². The van der Waals surface area contributed by atoms with Gasteiger partial charge in [-0.05, 0) is 0 Å². The van der Waals surface area contributed by atoms with Gasteiger partial charge in [-0.15, -0.1) is 0 Å². The zero-order valence-corrected chi connectivity index (χ0v) is 6.76. The van der Waals surface area contributed by atoms with Gasteiger partial charge in [-0.3, -0.25) is 4.74 Å². The van der Waals surface area contributed by atoms with E-state index in [0.29, 0.717) is 0 Å². The molecule has 0 fully saturated rings. The van der Waals surface area contributed by atoms with Crippen LogP contribution in [-0.4, -0.2) is 24.3 Å². The second-order valence-electron chi connectivity index (χ2n) is 2.32. The van der Waals surface area contributed by atoms with Crippen molar-refractivity contribution < 1.29 is 44.3 Å². The number of halogens is 9. The molecule has 2 nitrogen and oxygen atoms in total. The summed E-state index contributed by atoms with van der Waals surface area (Å²) in [6.07, 6.45) is -19.4. The molecule has 0 N–H and O–H groups in total. The highest BCUT2D eigenvalue weighted by Gasteiger charge is 2.70. The number of alkyl halides is 9. The molecule has 0 rings (SSSR count). The summed E-state index contributed by atoms with van der Waals surface area (Å²) in [4.78, 5) is 0. The number of hydrogen-bond donors (Lipinski definition) is 0. The first-order chi connectivity index (χ1) is 6.77. The van der Waals surface area contributed by atoms with Gasteiger partial charge < -0.3 is 0 Å². The van der Waals surface area contributed by atoms with Gasteiger partial charge in [0.1, 0.15) is 6.07 Å². The Bertz CT molecular complexity index is 298. The minimum absolute atomic E-state index is 0.447. The fourth-order valence-corrected chi connectivity index (χ4v) is 0.379. The van der Waals surface area contributed by atoms with Crippen LogP contribution in [0.3, 0.4) is 0 Å². The van der Waals surface area contributed by atoms with E-state index < -0.39 is 30.4 Å². The van der Waals surface area contributed by atoms with Gasteiger partial charge in [0.15, 0.2) is 0 Å². The number of rotatable bonds is 2. The van der Waals surface area contributed by atoms with Crippen LogP contribution in [-0.2, 0) is 4.74 Å². The van der Waals surface area contributed by atoms with Crippen molar-refractivity contribution in [1.29, 1.82) is 5.26 Å². The van der Waals surface area contributed by atoms with E-state index in [0.717, 1.165) is 0 Å². The summed E-state index contributed by atoms with van der Waals surface area (Å²) in [5.74, 6) is -5.74. The van der Waals surface area contributed by atoms with Gasteiger partial charge in [-0.25, -0.2) is 0 Å². The quantitative estimate of drug-likeness (QED) is 0.716. The van der Waals surface area contributed by atoms with Crippen molar-refractivity contribution in [2.24, 2.45) is 0 Å². The van der Waals surface area contributed by atoms with E-state index in [-0.39, 0.29) is 0 Å².